The Morgan fingerprint density at radius 1 is 0.423 bits per heavy atom. The van der Waals surface area contributed by atoms with E-state index in [2.05, 4.69) is 0 Å². The van der Waals surface area contributed by atoms with E-state index >= 15 is 0 Å². The van der Waals surface area contributed by atoms with Crippen molar-refractivity contribution in [2.75, 3.05) is 33.0 Å². The zero-order chi connectivity index (χ0) is 38.2. The van der Waals surface area contributed by atoms with Crippen LogP contribution in [0.4, 0.5) is 0 Å². The molecule has 5 heterocycles. The molecule has 0 amide bonds. The van der Waals surface area contributed by atoms with Crippen LogP contribution in [0.2, 0.25) is 0 Å². The van der Waals surface area contributed by atoms with Crippen molar-refractivity contribution in [3.8, 4) is 0 Å². The Balaban J connectivity index is 1.14. The van der Waals surface area contributed by atoms with Gasteiger partial charge in [-0.3, -0.25) is 0 Å². The molecular weight excluding hydrogens is 720 g/mol. The molecule has 0 bridgehead atoms. The third-order valence-corrected chi connectivity index (χ3v) is 9.51. The van der Waals surface area contributed by atoms with Gasteiger partial charge < -0.3 is 119 Å². The minimum atomic E-state index is -1.93. The summed E-state index contributed by atoms with van der Waals surface area (Å²) in [6, 6.07) is 0. The van der Waals surface area contributed by atoms with Crippen LogP contribution in [-0.2, 0) is 42.6 Å². The van der Waals surface area contributed by atoms with Crippen LogP contribution in [0.5, 0.6) is 0 Å². The maximum atomic E-state index is 10.8. The molecule has 0 aromatic rings. The minimum absolute atomic E-state index is 0.379. The Bertz CT molecular complexity index is 1110. The van der Waals surface area contributed by atoms with Gasteiger partial charge in [0, 0.05) is 0 Å². The van der Waals surface area contributed by atoms with Gasteiger partial charge in [-0.1, -0.05) is 0 Å². The zero-order valence-corrected chi connectivity index (χ0v) is 27.2. The number of aliphatic hydroxyl groups excluding tert-OH is 15. The molecule has 0 aromatic carbocycles. The molecule has 0 radical (unpaired) electrons. The lowest BCUT2D eigenvalue weighted by Gasteiger charge is -2.46. The van der Waals surface area contributed by atoms with Crippen LogP contribution in [0.1, 0.15) is 0 Å². The summed E-state index contributed by atoms with van der Waals surface area (Å²) in [4.78, 5) is 0. The molecule has 0 saturated carbocycles. The van der Waals surface area contributed by atoms with Gasteiger partial charge in [0.15, 0.2) is 31.5 Å². The first-order chi connectivity index (χ1) is 24.5. The maximum Gasteiger partial charge on any atom is 0.187 e. The van der Waals surface area contributed by atoms with E-state index in [9.17, 15) is 76.6 Å². The summed E-state index contributed by atoms with van der Waals surface area (Å²) in [7, 11) is 0. The van der Waals surface area contributed by atoms with Crippen LogP contribution < -0.4 is 0 Å². The number of rotatable bonds is 11. The van der Waals surface area contributed by atoms with E-state index in [1.54, 1.807) is 0 Å². The molecular formula is C28H48O24. The van der Waals surface area contributed by atoms with Crippen LogP contribution in [0.3, 0.4) is 0 Å². The highest BCUT2D eigenvalue weighted by Gasteiger charge is 2.52. The van der Waals surface area contributed by atoms with Crippen LogP contribution in [0, 0.1) is 0 Å². The van der Waals surface area contributed by atoms with Gasteiger partial charge in [0.25, 0.3) is 0 Å². The molecule has 24 nitrogen and oxygen atoms in total. The van der Waals surface area contributed by atoms with E-state index in [0.717, 1.165) is 0 Å². The molecule has 24 heteroatoms. The lowest BCUT2D eigenvalue weighted by Crippen LogP contribution is -2.65. The lowest BCUT2D eigenvalue weighted by atomic mass is 9.97. The molecule has 5 fully saturated rings. The quantitative estimate of drug-likeness (QED) is 0.0927. The second kappa shape index (κ2) is 17.9. The third kappa shape index (κ3) is 8.86. The summed E-state index contributed by atoms with van der Waals surface area (Å²) < 4.78 is 48.4. The Labute approximate surface area is 293 Å². The van der Waals surface area contributed by atoms with Gasteiger partial charge in [-0.2, -0.15) is 0 Å². The average molecular weight is 769 g/mol. The summed E-state index contributed by atoms with van der Waals surface area (Å²) in [6.45, 7) is -2.97. The molecule has 23 atom stereocenters. The first-order valence-electron chi connectivity index (χ1n) is 16.4. The molecule has 0 spiro atoms. The molecule has 5 aliphatic heterocycles. The molecule has 23 unspecified atom stereocenters. The van der Waals surface area contributed by atoms with E-state index in [1.165, 1.54) is 0 Å². The second-order valence-electron chi connectivity index (χ2n) is 13.1. The monoisotopic (exact) mass is 768 g/mol. The Hall–Kier alpha value is -0.960. The minimum Gasteiger partial charge on any atom is -0.394 e. The highest BCUT2D eigenvalue weighted by molar-refractivity contribution is 4.95. The standard InChI is InChI=1S/C28H48O24/c29-1-7-23(17(37)18(38)24(43)48-7)52-28-22(42)16(36)13(33)9(51-28)4-46-26-20(40)14(34)10(5-47-26)50-27-21(41)15(35)12(32)8(49-27)3-45-25-19(39)11(31)6(30)2-44-25/h6-43H,1-5H2. The van der Waals surface area contributed by atoms with Crippen LogP contribution in [0.25, 0.3) is 0 Å². The average Bonchev–Trinajstić information content (AvgIpc) is 3.12. The molecule has 5 aliphatic rings. The normalized spacial score (nSPS) is 53.5. The van der Waals surface area contributed by atoms with Crippen molar-refractivity contribution >= 4 is 0 Å². The van der Waals surface area contributed by atoms with Crippen molar-refractivity contribution in [3.63, 3.8) is 0 Å². The number of ether oxygens (including phenoxy) is 9. The molecule has 0 aliphatic carbocycles. The number of hydrogen-bond acceptors (Lipinski definition) is 24. The van der Waals surface area contributed by atoms with Gasteiger partial charge in [-0.15, -0.1) is 0 Å². The highest BCUT2D eigenvalue weighted by Crippen LogP contribution is 2.31. The first kappa shape index (κ1) is 42.2. The second-order valence-corrected chi connectivity index (χ2v) is 13.1. The first-order valence-corrected chi connectivity index (χ1v) is 16.4. The van der Waals surface area contributed by atoms with Crippen molar-refractivity contribution in [3.05, 3.63) is 0 Å². The summed E-state index contributed by atoms with van der Waals surface area (Å²) >= 11 is 0. The molecule has 5 saturated heterocycles. The van der Waals surface area contributed by atoms with Gasteiger partial charge in [0.05, 0.1) is 33.0 Å². The molecule has 0 aromatic heterocycles. The van der Waals surface area contributed by atoms with E-state index < -0.39 is 168 Å². The molecule has 5 rings (SSSR count). The van der Waals surface area contributed by atoms with Crippen LogP contribution in [0.15, 0.2) is 0 Å². The van der Waals surface area contributed by atoms with Gasteiger partial charge in [-0.05, 0) is 0 Å². The van der Waals surface area contributed by atoms with Crippen molar-refractivity contribution in [1.29, 1.82) is 0 Å². The van der Waals surface area contributed by atoms with Gasteiger partial charge in [-0.25, -0.2) is 0 Å². The molecule has 15 N–H and O–H groups in total. The Morgan fingerprint density at radius 3 is 1.44 bits per heavy atom. The predicted octanol–water partition coefficient (Wildman–Crippen LogP) is -10.6. The van der Waals surface area contributed by atoms with Gasteiger partial charge >= 0.3 is 0 Å². The van der Waals surface area contributed by atoms with Crippen LogP contribution >= 0.6 is 0 Å². The SMILES string of the molecule is OCC1OC(O)C(O)C(O)C1OC1OC(COC2OCC(OC3OC(COC4OCC(O)C(O)C4O)C(O)C(O)C3O)C(O)C2O)C(O)C(O)C1O. The third-order valence-electron chi connectivity index (χ3n) is 9.51. The van der Waals surface area contributed by atoms with Gasteiger partial charge in [0.1, 0.15) is 110 Å². The summed E-state index contributed by atoms with van der Waals surface area (Å²) in [5.41, 5.74) is 0. The van der Waals surface area contributed by atoms with Crippen molar-refractivity contribution in [2.45, 2.75) is 141 Å². The fraction of sp³-hybridized carbons (Fsp3) is 1.00. The smallest absolute Gasteiger partial charge is 0.187 e. The Kier molecular flexibility index (Phi) is 14.5. The van der Waals surface area contributed by atoms with E-state index in [4.69, 9.17) is 42.6 Å². The molecule has 304 valence electrons. The fourth-order valence-corrected chi connectivity index (χ4v) is 6.23. The maximum absolute atomic E-state index is 10.8. The van der Waals surface area contributed by atoms with Gasteiger partial charge in [0.2, 0.25) is 0 Å². The number of aliphatic hydroxyl groups is 15. The highest BCUT2D eigenvalue weighted by atomic mass is 16.8. The largest absolute Gasteiger partial charge is 0.394 e. The Morgan fingerprint density at radius 2 is 0.904 bits per heavy atom. The molecule has 52 heavy (non-hydrogen) atoms. The fourth-order valence-electron chi connectivity index (χ4n) is 6.23. The lowest BCUT2D eigenvalue weighted by molar-refractivity contribution is -0.364. The summed E-state index contributed by atoms with van der Waals surface area (Å²) in [5, 5.41) is 153. The van der Waals surface area contributed by atoms with E-state index in [1.807, 2.05) is 0 Å². The number of hydrogen-bond donors (Lipinski definition) is 15. The van der Waals surface area contributed by atoms with Crippen molar-refractivity contribution < 1.29 is 119 Å². The van der Waals surface area contributed by atoms with Crippen LogP contribution in [-0.4, -0.2) is 251 Å². The summed E-state index contributed by atoms with van der Waals surface area (Å²) in [5.74, 6) is 0. The van der Waals surface area contributed by atoms with E-state index in [0.29, 0.717) is 0 Å². The van der Waals surface area contributed by atoms with Crippen molar-refractivity contribution in [1.82, 2.24) is 0 Å². The summed E-state index contributed by atoms with van der Waals surface area (Å²) in [6.07, 6.45) is -39.1. The predicted molar refractivity (Wildman–Crippen MR) is 155 cm³/mol. The topological polar surface area (TPSA) is 387 Å². The van der Waals surface area contributed by atoms with Crippen molar-refractivity contribution in [2.24, 2.45) is 0 Å². The van der Waals surface area contributed by atoms with E-state index in [-0.39, 0.29) is 6.61 Å². The zero-order valence-electron chi connectivity index (χ0n) is 27.2.